The van der Waals surface area contributed by atoms with Crippen LogP contribution in [0, 0.1) is 0 Å². The predicted octanol–water partition coefficient (Wildman–Crippen LogP) is 24.5. The molecule has 0 saturated carbocycles. The molecule has 20 rings (SSSR count). The van der Waals surface area contributed by atoms with Gasteiger partial charge >= 0.3 is 0 Å². The largest absolute Gasteiger partial charge is 0.309 e. The monoisotopic (exact) mass is 1200 g/mol. The van der Waals surface area contributed by atoms with Crippen LogP contribution < -0.4 is 0 Å². The SMILES string of the molecule is C(=C\c1ccc(-c2ccc3c(c2)c2ccccc2n3-c2cccc3ccccc23)c2ccccc12)/c1ccc2c(c1)C1(c3ccccc3-c3ccccc31)c1cc(/C=C/c3ccc(-c4ccc5c(c4)c4ccccc4n5-c4cccc5ccccc45)c4ccccc34)ccc1-2. The van der Waals surface area contributed by atoms with Crippen LogP contribution in [0.2, 0.25) is 0 Å². The van der Waals surface area contributed by atoms with E-state index in [2.05, 4.69) is 361 Å². The number of benzene rings is 16. The molecule has 0 amide bonds. The summed E-state index contributed by atoms with van der Waals surface area (Å²) in [6.07, 6.45) is 9.30. The Morgan fingerprint density at radius 3 is 1.04 bits per heavy atom. The van der Waals surface area contributed by atoms with Crippen LogP contribution in [0.25, 0.3) is 167 Å². The van der Waals surface area contributed by atoms with Gasteiger partial charge in [0.25, 0.3) is 0 Å². The third-order valence-electron chi connectivity index (χ3n) is 20.9. The summed E-state index contributed by atoms with van der Waals surface area (Å²) in [7, 11) is 0. The molecule has 2 aromatic heterocycles. The second-order valence-electron chi connectivity index (χ2n) is 25.8. The zero-order valence-corrected chi connectivity index (χ0v) is 51.9. The van der Waals surface area contributed by atoms with Gasteiger partial charge < -0.3 is 9.13 Å². The van der Waals surface area contributed by atoms with Crippen molar-refractivity contribution >= 4 is 111 Å². The molecule has 16 aromatic carbocycles. The van der Waals surface area contributed by atoms with E-state index in [-0.39, 0.29) is 0 Å². The highest BCUT2D eigenvalue weighted by atomic mass is 15.0. The number of hydrogen-bond acceptors (Lipinski definition) is 0. The minimum absolute atomic E-state index is 0.515. The van der Waals surface area contributed by atoms with E-state index in [4.69, 9.17) is 0 Å². The molecule has 2 aliphatic carbocycles. The Balaban J connectivity index is 0.656. The molecule has 2 heteroatoms. The zero-order valence-electron chi connectivity index (χ0n) is 51.9. The van der Waals surface area contributed by atoms with Gasteiger partial charge in [0.15, 0.2) is 0 Å². The first kappa shape index (κ1) is 53.3. The Morgan fingerprint density at radius 1 is 0.211 bits per heavy atom. The maximum atomic E-state index is 2.48. The van der Waals surface area contributed by atoms with Crippen LogP contribution in [0.4, 0.5) is 0 Å². The van der Waals surface area contributed by atoms with Gasteiger partial charge in [0.1, 0.15) is 0 Å². The van der Waals surface area contributed by atoms with Crippen molar-refractivity contribution in [2.75, 3.05) is 0 Å². The lowest BCUT2D eigenvalue weighted by Gasteiger charge is -2.30. The molecular formula is C93H58N2. The van der Waals surface area contributed by atoms with Gasteiger partial charge in [-0.1, -0.05) is 291 Å². The van der Waals surface area contributed by atoms with Crippen LogP contribution in [0.15, 0.2) is 328 Å². The average Bonchev–Trinajstić information content (AvgIpc) is 1.51. The van der Waals surface area contributed by atoms with Gasteiger partial charge in [0.2, 0.25) is 0 Å². The second-order valence-corrected chi connectivity index (χ2v) is 25.8. The first-order valence-electron chi connectivity index (χ1n) is 33.0. The highest BCUT2D eigenvalue weighted by Crippen LogP contribution is 2.63. The smallest absolute Gasteiger partial charge is 0.0725 e. The minimum atomic E-state index is -0.515. The van der Waals surface area contributed by atoms with Crippen LogP contribution in [-0.4, -0.2) is 9.13 Å². The van der Waals surface area contributed by atoms with Gasteiger partial charge in [0, 0.05) is 32.3 Å². The Hall–Kier alpha value is -12.4. The van der Waals surface area contributed by atoms with Gasteiger partial charge in [-0.3, -0.25) is 0 Å². The van der Waals surface area contributed by atoms with E-state index < -0.39 is 5.41 Å². The molecule has 0 saturated heterocycles. The maximum Gasteiger partial charge on any atom is 0.0725 e. The molecule has 440 valence electrons. The summed E-state index contributed by atoms with van der Waals surface area (Å²) in [5.41, 5.74) is 26.7. The molecule has 95 heavy (non-hydrogen) atoms. The lowest BCUT2D eigenvalue weighted by atomic mass is 9.70. The van der Waals surface area contributed by atoms with Crippen LogP contribution in [0.1, 0.15) is 44.5 Å². The van der Waals surface area contributed by atoms with Gasteiger partial charge in [-0.25, -0.2) is 0 Å². The molecule has 0 bridgehead atoms. The highest BCUT2D eigenvalue weighted by molar-refractivity contribution is 6.15. The van der Waals surface area contributed by atoms with E-state index >= 15 is 0 Å². The summed E-state index contributed by atoms with van der Waals surface area (Å²) in [5.74, 6) is 0. The molecule has 2 aliphatic rings. The van der Waals surface area contributed by atoms with E-state index in [9.17, 15) is 0 Å². The Kier molecular flexibility index (Phi) is 11.7. The molecular weight excluding hydrogens is 1150 g/mol. The van der Waals surface area contributed by atoms with Crippen molar-refractivity contribution in [3.8, 4) is 55.9 Å². The first-order valence-corrected chi connectivity index (χ1v) is 33.0. The molecule has 0 atom stereocenters. The fourth-order valence-corrected chi connectivity index (χ4v) is 16.8. The molecule has 1 spiro atoms. The maximum absolute atomic E-state index is 2.48. The standard InChI is InChI=1S/C93H58N2/c1-3-25-71-61(19-1)21-17-37-87(71)94-89-35-15-11-31-79(89)81-57-65(47-53-91(81)94)69-51-45-63(67-23-5-7-27-73(67)69)43-39-59-41-49-77-78-50-42-60(56-86(78)93(85(77)55-59)83-33-13-9-29-75(83)76-30-10-14-34-84(76)93)40-44-64-46-52-70(74-28-8-6-24-68(64)74)66-48-54-92-82(58-66)80-32-12-16-36-90(80)95(92)88-38-18-22-62-20-2-4-26-72(62)88/h1-58H/b43-39+,44-40+. The summed E-state index contributed by atoms with van der Waals surface area (Å²) in [4.78, 5) is 0. The van der Waals surface area contributed by atoms with Crippen molar-refractivity contribution in [2.45, 2.75) is 5.41 Å². The fraction of sp³-hybridized carbons (Fsp3) is 0.0108. The van der Waals surface area contributed by atoms with Crippen molar-refractivity contribution in [1.82, 2.24) is 9.13 Å². The summed E-state index contributed by atoms with van der Waals surface area (Å²) < 4.78 is 4.89. The molecule has 0 aliphatic heterocycles. The first-order chi connectivity index (χ1) is 47.1. The van der Waals surface area contributed by atoms with Crippen molar-refractivity contribution in [3.05, 3.63) is 372 Å². The van der Waals surface area contributed by atoms with Gasteiger partial charge in [-0.15, -0.1) is 0 Å². The van der Waals surface area contributed by atoms with Crippen molar-refractivity contribution in [1.29, 1.82) is 0 Å². The topological polar surface area (TPSA) is 9.86 Å². The second kappa shape index (κ2) is 20.8. The average molecular weight is 1200 g/mol. The summed E-state index contributed by atoms with van der Waals surface area (Å²) in [6.45, 7) is 0. The molecule has 0 fully saturated rings. The summed E-state index contributed by atoms with van der Waals surface area (Å²) in [5, 5.41) is 14.9. The normalized spacial score (nSPS) is 13.1. The lowest BCUT2D eigenvalue weighted by molar-refractivity contribution is 0.793. The van der Waals surface area contributed by atoms with Gasteiger partial charge in [-0.2, -0.15) is 0 Å². The molecule has 18 aromatic rings. The van der Waals surface area contributed by atoms with E-state index in [0.717, 1.165) is 0 Å². The van der Waals surface area contributed by atoms with Crippen LogP contribution in [0.3, 0.4) is 0 Å². The van der Waals surface area contributed by atoms with Crippen molar-refractivity contribution in [3.63, 3.8) is 0 Å². The van der Waals surface area contributed by atoms with Crippen LogP contribution in [-0.2, 0) is 5.41 Å². The number of rotatable bonds is 8. The Labute approximate surface area is 550 Å². The number of aromatic nitrogens is 2. The van der Waals surface area contributed by atoms with Crippen LogP contribution >= 0.6 is 0 Å². The quantitative estimate of drug-likeness (QED) is 0.134. The molecule has 2 heterocycles. The Bertz CT molecular complexity index is 5960. The highest BCUT2D eigenvalue weighted by Gasteiger charge is 2.51. The van der Waals surface area contributed by atoms with Crippen molar-refractivity contribution in [2.24, 2.45) is 0 Å². The van der Waals surface area contributed by atoms with Gasteiger partial charge in [0.05, 0.1) is 38.9 Å². The van der Waals surface area contributed by atoms with E-state index in [1.165, 1.54) is 187 Å². The number of nitrogens with zero attached hydrogens (tertiary/aromatic N) is 2. The molecule has 0 N–H and O–H groups in total. The van der Waals surface area contributed by atoms with Crippen molar-refractivity contribution < 1.29 is 0 Å². The third-order valence-corrected chi connectivity index (χ3v) is 20.9. The number of fused-ring (bicyclic) bond motifs is 20. The zero-order chi connectivity index (χ0) is 62.3. The van der Waals surface area contributed by atoms with E-state index in [0.29, 0.717) is 0 Å². The minimum Gasteiger partial charge on any atom is -0.309 e. The van der Waals surface area contributed by atoms with Crippen LogP contribution in [0.5, 0.6) is 0 Å². The van der Waals surface area contributed by atoms with E-state index in [1.54, 1.807) is 0 Å². The predicted molar refractivity (Wildman–Crippen MR) is 403 cm³/mol. The fourth-order valence-electron chi connectivity index (χ4n) is 16.8. The Morgan fingerprint density at radius 2 is 0.568 bits per heavy atom. The molecule has 0 unspecified atom stereocenters. The summed E-state index contributed by atoms with van der Waals surface area (Å²) in [6, 6.07) is 122. The molecule has 0 radical (unpaired) electrons. The third kappa shape index (κ3) is 7.92. The number of para-hydroxylation sites is 2. The lowest BCUT2D eigenvalue weighted by Crippen LogP contribution is -2.26. The van der Waals surface area contributed by atoms with Gasteiger partial charge in [-0.05, 0) is 182 Å². The van der Waals surface area contributed by atoms with E-state index in [1.807, 2.05) is 0 Å². The number of hydrogen-bond donors (Lipinski definition) is 0. The molecule has 2 nitrogen and oxygen atoms in total. The summed E-state index contributed by atoms with van der Waals surface area (Å²) >= 11 is 0.